The van der Waals surface area contributed by atoms with Crippen molar-refractivity contribution in [2.75, 3.05) is 5.32 Å². The van der Waals surface area contributed by atoms with E-state index >= 15 is 0 Å². The fourth-order valence-corrected chi connectivity index (χ4v) is 1.93. The Balaban J connectivity index is 1.97. The Hall–Kier alpha value is -1.78. The Kier molecular flexibility index (Phi) is 4.24. The molecule has 4 nitrogen and oxygen atoms in total. The third kappa shape index (κ3) is 3.84. The average molecular weight is 279 g/mol. The minimum Gasteiger partial charge on any atom is -0.389 e. The zero-order chi connectivity index (χ0) is 13.8. The quantitative estimate of drug-likeness (QED) is 0.903. The molecule has 0 spiro atoms. The number of nitrogens with zero attached hydrogens (tertiary/aromatic N) is 1. The first-order valence-corrected chi connectivity index (χ1v) is 6.31. The predicted octanol–water partition coefficient (Wildman–Crippen LogP) is 2.83. The minimum atomic E-state index is -0.530. The lowest BCUT2D eigenvalue weighted by Gasteiger charge is -2.06. The normalized spacial score (nSPS) is 12.2. The van der Waals surface area contributed by atoms with E-state index < -0.39 is 6.10 Å². The highest BCUT2D eigenvalue weighted by atomic mass is 35.5. The van der Waals surface area contributed by atoms with Crippen LogP contribution in [0, 0.1) is 0 Å². The Labute approximate surface area is 116 Å². The number of nitrogens with one attached hydrogen (secondary N) is 1. The molecule has 2 rings (SSSR count). The second kappa shape index (κ2) is 5.91. The van der Waals surface area contributed by atoms with Gasteiger partial charge in [0.15, 0.2) is 0 Å². The number of aliphatic hydroxyl groups is 1. The zero-order valence-electron chi connectivity index (χ0n) is 10.5. The number of benzene rings is 1. The number of rotatable bonds is 4. The van der Waals surface area contributed by atoms with Gasteiger partial charge in [0, 0.05) is 23.1 Å². The summed E-state index contributed by atoms with van der Waals surface area (Å²) in [7, 11) is 0. The van der Waals surface area contributed by atoms with E-state index in [2.05, 4.69) is 5.32 Å². The van der Waals surface area contributed by atoms with Crippen LogP contribution in [0.25, 0.3) is 0 Å². The molecule has 19 heavy (non-hydrogen) atoms. The van der Waals surface area contributed by atoms with Crippen LogP contribution in [0.15, 0.2) is 42.7 Å². The van der Waals surface area contributed by atoms with E-state index in [4.69, 9.17) is 11.6 Å². The minimum absolute atomic E-state index is 0.144. The van der Waals surface area contributed by atoms with Crippen LogP contribution >= 0.6 is 11.6 Å². The standard InChI is InChI=1S/C14H15ClN2O2/c1-10(18)11-5-6-17(8-11)9-14(19)16-13-4-2-3-12(15)7-13/h2-8,10,18H,9H2,1H3,(H,16,19). The molecule has 1 atom stereocenters. The predicted molar refractivity (Wildman–Crippen MR) is 75.1 cm³/mol. The maximum atomic E-state index is 11.8. The molecule has 0 aliphatic carbocycles. The van der Waals surface area contributed by atoms with Crippen molar-refractivity contribution >= 4 is 23.2 Å². The molecule has 1 heterocycles. The summed E-state index contributed by atoms with van der Waals surface area (Å²) in [5.41, 5.74) is 1.45. The summed E-state index contributed by atoms with van der Waals surface area (Å²) in [6, 6.07) is 8.78. The lowest BCUT2D eigenvalue weighted by atomic mass is 10.2. The van der Waals surface area contributed by atoms with Crippen LogP contribution in [0.1, 0.15) is 18.6 Å². The highest BCUT2D eigenvalue weighted by molar-refractivity contribution is 6.30. The number of hydrogen-bond acceptors (Lipinski definition) is 2. The SMILES string of the molecule is CC(O)c1ccn(CC(=O)Nc2cccc(Cl)c2)c1. The summed E-state index contributed by atoms with van der Waals surface area (Å²) in [5, 5.41) is 12.8. The van der Waals surface area contributed by atoms with Crippen molar-refractivity contribution in [1.82, 2.24) is 4.57 Å². The second-order valence-electron chi connectivity index (χ2n) is 4.35. The highest BCUT2D eigenvalue weighted by Gasteiger charge is 2.06. The molecule has 1 aromatic heterocycles. The Morgan fingerprint density at radius 2 is 2.26 bits per heavy atom. The summed E-state index contributed by atoms with van der Waals surface area (Å²) in [6.45, 7) is 1.88. The molecule has 100 valence electrons. The average Bonchev–Trinajstić information content (AvgIpc) is 2.77. The molecule has 0 radical (unpaired) electrons. The molecule has 5 heteroatoms. The van der Waals surface area contributed by atoms with Gasteiger partial charge >= 0.3 is 0 Å². The number of carbonyl (C=O) groups excluding carboxylic acids is 1. The van der Waals surface area contributed by atoms with E-state index in [0.717, 1.165) is 5.56 Å². The van der Waals surface area contributed by atoms with Gasteiger partial charge in [-0.25, -0.2) is 0 Å². The fourth-order valence-electron chi connectivity index (χ4n) is 1.74. The molecule has 1 unspecified atom stereocenters. The van der Waals surface area contributed by atoms with Crippen LogP contribution in [-0.4, -0.2) is 15.6 Å². The van der Waals surface area contributed by atoms with Crippen molar-refractivity contribution in [3.8, 4) is 0 Å². The van der Waals surface area contributed by atoms with Crippen molar-refractivity contribution in [2.45, 2.75) is 19.6 Å². The van der Waals surface area contributed by atoms with Crippen molar-refractivity contribution < 1.29 is 9.90 Å². The molecule has 0 aliphatic heterocycles. The highest BCUT2D eigenvalue weighted by Crippen LogP contribution is 2.15. The number of aliphatic hydroxyl groups excluding tert-OH is 1. The lowest BCUT2D eigenvalue weighted by Crippen LogP contribution is -2.17. The van der Waals surface area contributed by atoms with Gasteiger partial charge in [0.25, 0.3) is 0 Å². The molecule has 0 fully saturated rings. The molecule has 0 saturated carbocycles. The lowest BCUT2D eigenvalue weighted by molar-refractivity contribution is -0.116. The first-order valence-electron chi connectivity index (χ1n) is 5.94. The largest absolute Gasteiger partial charge is 0.389 e. The molecule has 2 N–H and O–H groups in total. The third-order valence-electron chi connectivity index (χ3n) is 2.69. The van der Waals surface area contributed by atoms with Gasteiger partial charge in [-0.2, -0.15) is 0 Å². The molecule has 0 saturated heterocycles. The molecule has 1 amide bonds. The van der Waals surface area contributed by atoms with Crippen LogP contribution < -0.4 is 5.32 Å². The van der Waals surface area contributed by atoms with Crippen LogP contribution in [0.5, 0.6) is 0 Å². The van der Waals surface area contributed by atoms with E-state index in [-0.39, 0.29) is 12.5 Å². The number of hydrogen-bond donors (Lipinski definition) is 2. The van der Waals surface area contributed by atoms with Gasteiger partial charge in [0.05, 0.1) is 6.10 Å². The van der Waals surface area contributed by atoms with Crippen molar-refractivity contribution in [3.05, 3.63) is 53.3 Å². The summed E-state index contributed by atoms with van der Waals surface area (Å²) in [6.07, 6.45) is 2.99. The summed E-state index contributed by atoms with van der Waals surface area (Å²) in [4.78, 5) is 11.8. The summed E-state index contributed by atoms with van der Waals surface area (Å²) < 4.78 is 1.72. The molecule has 2 aromatic rings. The van der Waals surface area contributed by atoms with Crippen molar-refractivity contribution in [1.29, 1.82) is 0 Å². The monoisotopic (exact) mass is 278 g/mol. The zero-order valence-corrected chi connectivity index (χ0v) is 11.3. The first-order chi connectivity index (χ1) is 9.04. The number of carbonyl (C=O) groups is 1. The van der Waals surface area contributed by atoms with Gasteiger partial charge in [-0.15, -0.1) is 0 Å². The van der Waals surface area contributed by atoms with Crippen LogP contribution in [0.4, 0.5) is 5.69 Å². The number of amides is 1. The number of aromatic nitrogens is 1. The Morgan fingerprint density at radius 3 is 2.89 bits per heavy atom. The third-order valence-corrected chi connectivity index (χ3v) is 2.93. The topological polar surface area (TPSA) is 54.3 Å². The second-order valence-corrected chi connectivity index (χ2v) is 4.79. The number of halogens is 1. The van der Waals surface area contributed by atoms with Gasteiger partial charge in [-0.3, -0.25) is 4.79 Å². The molecule has 1 aromatic carbocycles. The summed E-state index contributed by atoms with van der Waals surface area (Å²) >= 11 is 5.84. The van der Waals surface area contributed by atoms with Crippen molar-refractivity contribution in [2.24, 2.45) is 0 Å². The first kappa shape index (κ1) is 13.6. The van der Waals surface area contributed by atoms with E-state index in [0.29, 0.717) is 10.7 Å². The van der Waals surface area contributed by atoms with Gasteiger partial charge in [-0.05, 0) is 36.8 Å². The Bertz CT molecular complexity index is 578. The van der Waals surface area contributed by atoms with Gasteiger partial charge in [0.2, 0.25) is 5.91 Å². The van der Waals surface area contributed by atoms with E-state index in [1.165, 1.54) is 0 Å². The van der Waals surface area contributed by atoms with E-state index in [1.807, 2.05) is 0 Å². The fraction of sp³-hybridized carbons (Fsp3) is 0.214. The number of anilines is 1. The molecule has 0 bridgehead atoms. The molecular formula is C14H15ClN2O2. The van der Waals surface area contributed by atoms with Gasteiger partial charge < -0.3 is 15.0 Å². The van der Waals surface area contributed by atoms with Gasteiger partial charge in [0.1, 0.15) is 6.54 Å². The maximum absolute atomic E-state index is 11.8. The smallest absolute Gasteiger partial charge is 0.244 e. The van der Waals surface area contributed by atoms with Crippen LogP contribution in [0.2, 0.25) is 5.02 Å². The summed E-state index contributed by atoms with van der Waals surface area (Å²) in [5.74, 6) is -0.144. The molecular weight excluding hydrogens is 264 g/mol. The van der Waals surface area contributed by atoms with Crippen LogP contribution in [0.3, 0.4) is 0 Å². The van der Waals surface area contributed by atoms with Crippen molar-refractivity contribution in [3.63, 3.8) is 0 Å². The maximum Gasteiger partial charge on any atom is 0.244 e. The Morgan fingerprint density at radius 1 is 1.47 bits per heavy atom. The van der Waals surface area contributed by atoms with E-state index in [9.17, 15) is 9.90 Å². The van der Waals surface area contributed by atoms with E-state index in [1.54, 1.807) is 54.2 Å². The van der Waals surface area contributed by atoms with Gasteiger partial charge in [-0.1, -0.05) is 17.7 Å². The molecule has 0 aliphatic rings. The van der Waals surface area contributed by atoms with Crippen LogP contribution in [-0.2, 0) is 11.3 Å².